The zero-order chi connectivity index (χ0) is 20.8. The van der Waals surface area contributed by atoms with Gasteiger partial charge in [0.05, 0.1) is 10.7 Å². The maximum absolute atomic E-state index is 13.1. The monoisotopic (exact) mass is 431 g/mol. The Morgan fingerprint density at radius 1 is 1.14 bits per heavy atom. The van der Waals surface area contributed by atoms with E-state index in [4.69, 9.17) is 23.2 Å². The van der Waals surface area contributed by atoms with E-state index < -0.39 is 29.9 Å². The third-order valence-electron chi connectivity index (χ3n) is 5.46. The van der Waals surface area contributed by atoms with E-state index in [0.717, 1.165) is 29.7 Å². The third-order valence-corrected chi connectivity index (χ3v) is 6.02. The molecule has 2 aromatic rings. The highest BCUT2D eigenvalue weighted by molar-refractivity contribution is 6.35. The molecule has 1 heterocycles. The van der Waals surface area contributed by atoms with Gasteiger partial charge < -0.3 is 10.6 Å². The van der Waals surface area contributed by atoms with E-state index >= 15 is 0 Å². The summed E-state index contributed by atoms with van der Waals surface area (Å²) in [4.78, 5) is 38.9. The van der Waals surface area contributed by atoms with Crippen molar-refractivity contribution >= 4 is 46.7 Å². The second-order valence-corrected chi connectivity index (χ2v) is 8.30. The number of nitrogens with zero attached hydrogens (tertiary/aromatic N) is 1. The molecular weight excluding hydrogens is 413 g/mol. The summed E-state index contributed by atoms with van der Waals surface area (Å²) < 4.78 is 0. The fraction of sp³-hybridized carbons (Fsp3) is 0.286. The van der Waals surface area contributed by atoms with Crippen molar-refractivity contribution in [2.24, 2.45) is 0 Å². The van der Waals surface area contributed by atoms with Crippen LogP contribution in [0.15, 0.2) is 36.4 Å². The van der Waals surface area contributed by atoms with Crippen molar-refractivity contribution in [3.8, 4) is 0 Å². The van der Waals surface area contributed by atoms with Gasteiger partial charge in [-0.05, 0) is 61.1 Å². The van der Waals surface area contributed by atoms with Gasteiger partial charge in [0.1, 0.15) is 12.1 Å². The minimum absolute atomic E-state index is 0.308. The van der Waals surface area contributed by atoms with Crippen LogP contribution >= 0.6 is 23.2 Å². The summed E-state index contributed by atoms with van der Waals surface area (Å²) >= 11 is 12.0. The molecule has 29 heavy (non-hydrogen) atoms. The van der Waals surface area contributed by atoms with Crippen LogP contribution in [0.2, 0.25) is 10.0 Å². The molecule has 0 aromatic heterocycles. The van der Waals surface area contributed by atoms with E-state index in [1.165, 1.54) is 17.2 Å². The van der Waals surface area contributed by atoms with Gasteiger partial charge in [-0.1, -0.05) is 41.4 Å². The van der Waals surface area contributed by atoms with Crippen LogP contribution in [0.1, 0.15) is 30.0 Å². The first-order valence-electron chi connectivity index (χ1n) is 9.29. The Bertz CT molecular complexity index is 1040. The van der Waals surface area contributed by atoms with Gasteiger partial charge in [0.2, 0.25) is 5.91 Å². The zero-order valence-corrected chi connectivity index (χ0v) is 17.2. The van der Waals surface area contributed by atoms with E-state index in [9.17, 15) is 14.4 Å². The van der Waals surface area contributed by atoms with Crippen LogP contribution in [0.4, 0.5) is 10.5 Å². The van der Waals surface area contributed by atoms with Crippen molar-refractivity contribution in [1.29, 1.82) is 0 Å². The number of fused-ring (bicyclic) bond motifs is 1. The third kappa shape index (κ3) is 3.58. The van der Waals surface area contributed by atoms with E-state index in [0.29, 0.717) is 15.7 Å². The Balaban J connectivity index is 1.52. The maximum Gasteiger partial charge on any atom is 0.325 e. The molecule has 4 amide bonds. The van der Waals surface area contributed by atoms with Crippen LogP contribution in [0.25, 0.3) is 0 Å². The summed E-state index contributed by atoms with van der Waals surface area (Å²) in [6.45, 7) is 1.24. The molecule has 1 atom stereocenters. The van der Waals surface area contributed by atoms with E-state index in [1.54, 1.807) is 19.1 Å². The SMILES string of the molecule is CC1(c2ccc3c(c2)CCC3)NC(=O)N(CC(=O)Nc2cc(Cl)ccc2Cl)C1=O. The van der Waals surface area contributed by atoms with Crippen molar-refractivity contribution in [2.75, 3.05) is 11.9 Å². The quantitative estimate of drug-likeness (QED) is 0.720. The molecule has 4 rings (SSSR count). The number of amides is 4. The number of nitrogens with one attached hydrogen (secondary N) is 2. The standard InChI is InChI=1S/C21H19Cl2N3O3/c1-21(14-6-5-12-3-2-4-13(12)9-14)19(28)26(20(29)25-21)11-18(27)24-17-10-15(22)7-8-16(17)23/h5-10H,2-4,11H2,1H3,(H,24,27)(H,25,29). The average Bonchev–Trinajstić information content (AvgIpc) is 3.23. The average molecular weight is 432 g/mol. The summed E-state index contributed by atoms with van der Waals surface area (Å²) in [7, 11) is 0. The maximum atomic E-state index is 13.1. The molecule has 6 nitrogen and oxygen atoms in total. The van der Waals surface area contributed by atoms with Crippen LogP contribution < -0.4 is 10.6 Å². The minimum Gasteiger partial charge on any atom is -0.323 e. The van der Waals surface area contributed by atoms with Gasteiger partial charge in [-0.15, -0.1) is 0 Å². The second kappa shape index (κ2) is 7.35. The second-order valence-electron chi connectivity index (χ2n) is 7.46. The molecule has 1 fully saturated rings. The Hall–Kier alpha value is -2.57. The Labute approximate surface area is 178 Å². The summed E-state index contributed by atoms with van der Waals surface area (Å²) in [5.74, 6) is -1.01. The predicted octanol–water partition coefficient (Wildman–Crippen LogP) is 3.89. The molecule has 2 aliphatic rings. The number of carbonyl (C=O) groups excluding carboxylic acids is 3. The van der Waals surface area contributed by atoms with Gasteiger partial charge in [-0.3, -0.25) is 14.5 Å². The number of carbonyl (C=O) groups is 3. The fourth-order valence-corrected chi connectivity index (χ4v) is 4.18. The number of imide groups is 1. The van der Waals surface area contributed by atoms with Gasteiger partial charge >= 0.3 is 6.03 Å². The molecule has 1 saturated heterocycles. The number of rotatable bonds is 4. The fourth-order valence-electron chi connectivity index (χ4n) is 3.85. The Morgan fingerprint density at radius 2 is 1.90 bits per heavy atom. The van der Waals surface area contributed by atoms with Crippen molar-refractivity contribution < 1.29 is 14.4 Å². The van der Waals surface area contributed by atoms with Crippen LogP contribution in [-0.4, -0.2) is 29.3 Å². The molecule has 8 heteroatoms. The van der Waals surface area contributed by atoms with Crippen LogP contribution in [0, 0.1) is 0 Å². The molecule has 2 N–H and O–H groups in total. The number of benzene rings is 2. The van der Waals surface area contributed by atoms with Gasteiger partial charge in [-0.2, -0.15) is 0 Å². The number of halogens is 2. The lowest BCUT2D eigenvalue weighted by atomic mass is 9.89. The van der Waals surface area contributed by atoms with Crippen molar-refractivity contribution in [2.45, 2.75) is 31.7 Å². The minimum atomic E-state index is -1.21. The summed E-state index contributed by atoms with van der Waals surface area (Å²) in [6, 6.07) is 9.91. The molecule has 0 saturated carbocycles. The molecule has 2 aromatic carbocycles. The highest BCUT2D eigenvalue weighted by Gasteiger charge is 2.49. The van der Waals surface area contributed by atoms with E-state index in [-0.39, 0.29) is 0 Å². The zero-order valence-electron chi connectivity index (χ0n) is 15.7. The first kappa shape index (κ1) is 19.7. The molecule has 0 radical (unpaired) electrons. The molecule has 0 spiro atoms. The number of hydrogen-bond acceptors (Lipinski definition) is 3. The molecule has 1 aliphatic carbocycles. The lowest BCUT2D eigenvalue weighted by Crippen LogP contribution is -2.42. The van der Waals surface area contributed by atoms with Crippen molar-refractivity contribution in [3.05, 3.63) is 63.1 Å². The van der Waals surface area contributed by atoms with Gasteiger partial charge in [0.25, 0.3) is 5.91 Å². The first-order chi connectivity index (χ1) is 13.8. The molecule has 1 aliphatic heterocycles. The van der Waals surface area contributed by atoms with Crippen LogP contribution in [0.3, 0.4) is 0 Å². The highest BCUT2D eigenvalue weighted by atomic mass is 35.5. The summed E-state index contributed by atoms with van der Waals surface area (Å²) in [6.07, 6.45) is 3.09. The van der Waals surface area contributed by atoms with E-state index in [1.807, 2.05) is 18.2 Å². The molecule has 150 valence electrons. The van der Waals surface area contributed by atoms with Crippen LogP contribution in [-0.2, 0) is 28.0 Å². The van der Waals surface area contributed by atoms with Crippen molar-refractivity contribution in [1.82, 2.24) is 10.2 Å². The predicted molar refractivity (Wildman–Crippen MR) is 111 cm³/mol. The number of hydrogen-bond donors (Lipinski definition) is 2. The number of aryl methyl sites for hydroxylation is 2. The highest BCUT2D eigenvalue weighted by Crippen LogP contribution is 2.32. The lowest BCUT2D eigenvalue weighted by molar-refractivity contribution is -0.133. The molecule has 1 unspecified atom stereocenters. The van der Waals surface area contributed by atoms with Crippen molar-refractivity contribution in [3.63, 3.8) is 0 Å². The van der Waals surface area contributed by atoms with E-state index in [2.05, 4.69) is 10.6 Å². The lowest BCUT2D eigenvalue weighted by Gasteiger charge is -2.23. The number of anilines is 1. The Kier molecular flexibility index (Phi) is 5.00. The molecule has 0 bridgehead atoms. The van der Waals surface area contributed by atoms with Gasteiger partial charge in [-0.25, -0.2) is 4.79 Å². The summed E-state index contributed by atoms with van der Waals surface area (Å²) in [5.41, 5.74) is 2.32. The molecular formula is C21H19Cl2N3O3. The normalized spacial score (nSPS) is 20.6. The van der Waals surface area contributed by atoms with Gasteiger partial charge in [0.15, 0.2) is 0 Å². The first-order valence-corrected chi connectivity index (χ1v) is 10.0. The van der Waals surface area contributed by atoms with Crippen LogP contribution in [0.5, 0.6) is 0 Å². The smallest absolute Gasteiger partial charge is 0.323 e. The Morgan fingerprint density at radius 3 is 2.69 bits per heavy atom. The topological polar surface area (TPSA) is 78.5 Å². The largest absolute Gasteiger partial charge is 0.325 e. The summed E-state index contributed by atoms with van der Waals surface area (Å²) in [5, 5.41) is 6.04. The number of urea groups is 1. The van der Waals surface area contributed by atoms with Gasteiger partial charge in [0, 0.05) is 5.02 Å².